The number of rotatable bonds is 3. The van der Waals surface area contributed by atoms with Gasteiger partial charge in [-0.25, -0.2) is 0 Å². The molecule has 4 aromatic rings. The molecule has 0 spiro atoms. The van der Waals surface area contributed by atoms with Gasteiger partial charge in [-0.05, 0) is 29.7 Å². The molecule has 2 aromatic heterocycles. The number of aryl methyl sites for hydroxylation is 1. The molecule has 1 aliphatic heterocycles. The van der Waals surface area contributed by atoms with Crippen molar-refractivity contribution >= 4 is 33.3 Å². The summed E-state index contributed by atoms with van der Waals surface area (Å²) in [6.45, 7) is 2.08. The van der Waals surface area contributed by atoms with Crippen LogP contribution in [0.25, 0.3) is 11.0 Å². The van der Waals surface area contributed by atoms with Crippen LogP contribution >= 0.6 is 11.3 Å². The van der Waals surface area contributed by atoms with Crippen molar-refractivity contribution in [3.8, 4) is 0 Å². The number of fused-ring (bicyclic) bond motifs is 2. The number of anilines is 1. The third-order valence-electron chi connectivity index (χ3n) is 5.04. The predicted octanol–water partition coefficient (Wildman–Crippen LogP) is 3.96. The zero-order valence-corrected chi connectivity index (χ0v) is 15.8. The standard InChI is InChI=1S/C21H15N3O3S/c1-2-12-7-9-13(10-8-12)17-16-18(25)14-5-3-4-6-15(14)27-19(16)20(26)24(17)21-23-22-11-28-21/h3-11,17H,2H2,1H3/t17-/m1/s1. The van der Waals surface area contributed by atoms with Gasteiger partial charge in [0, 0.05) is 0 Å². The maximum Gasteiger partial charge on any atom is 0.297 e. The average Bonchev–Trinajstić information content (AvgIpc) is 3.35. The highest BCUT2D eigenvalue weighted by atomic mass is 32.1. The van der Waals surface area contributed by atoms with Crippen LogP contribution in [0.2, 0.25) is 0 Å². The van der Waals surface area contributed by atoms with Crippen LogP contribution in [0.5, 0.6) is 0 Å². The van der Waals surface area contributed by atoms with Gasteiger partial charge in [-0.3, -0.25) is 14.5 Å². The third-order valence-corrected chi connectivity index (χ3v) is 5.72. The Balaban J connectivity index is 1.80. The zero-order valence-electron chi connectivity index (χ0n) is 15.0. The van der Waals surface area contributed by atoms with Crippen LogP contribution in [0.1, 0.15) is 40.2 Å². The van der Waals surface area contributed by atoms with Gasteiger partial charge in [0.05, 0.1) is 17.0 Å². The summed E-state index contributed by atoms with van der Waals surface area (Å²) in [7, 11) is 0. The number of carbonyl (C=O) groups is 1. The van der Waals surface area contributed by atoms with Gasteiger partial charge in [0.2, 0.25) is 10.9 Å². The lowest BCUT2D eigenvalue weighted by molar-refractivity contribution is 0.0970. The summed E-state index contributed by atoms with van der Waals surface area (Å²) < 4.78 is 5.89. The molecule has 1 aliphatic rings. The van der Waals surface area contributed by atoms with E-state index >= 15 is 0 Å². The van der Waals surface area contributed by atoms with E-state index < -0.39 is 6.04 Å². The second-order valence-corrected chi connectivity index (χ2v) is 7.38. The molecule has 0 bridgehead atoms. The Labute approximate surface area is 164 Å². The van der Waals surface area contributed by atoms with Crippen molar-refractivity contribution in [2.24, 2.45) is 0 Å². The molecule has 2 aromatic carbocycles. The van der Waals surface area contributed by atoms with Crippen LogP contribution in [-0.2, 0) is 6.42 Å². The molecule has 138 valence electrons. The number of amides is 1. The van der Waals surface area contributed by atoms with E-state index in [2.05, 4.69) is 17.1 Å². The van der Waals surface area contributed by atoms with E-state index in [0.29, 0.717) is 21.7 Å². The van der Waals surface area contributed by atoms with E-state index in [0.717, 1.165) is 12.0 Å². The number of hydrogen-bond donors (Lipinski definition) is 0. The van der Waals surface area contributed by atoms with Gasteiger partial charge < -0.3 is 4.42 Å². The number of hydrogen-bond acceptors (Lipinski definition) is 6. The summed E-state index contributed by atoms with van der Waals surface area (Å²) in [5.41, 5.74) is 4.14. The first-order valence-corrected chi connectivity index (χ1v) is 9.81. The first kappa shape index (κ1) is 16.8. The molecule has 0 unspecified atom stereocenters. The number of aromatic nitrogens is 2. The fourth-order valence-electron chi connectivity index (χ4n) is 3.64. The van der Waals surface area contributed by atoms with Crippen molar-refractivity contribution in [3.05, 3.63) is 86.7 Å². The largest absolute Gasteiger partial charge is 0.450 e. The summed E-state index contributed by atoms with van der Waals surface area (Å²) in [4.78, 5) is 28.1. The molecule has 28 heavy (non-hydrogen) atoms. The molecule has 0 radical (unpaired) electrons. The van der Waals surface area contributed by atoms with Crippen LogP contribution in [0.3, 0.4) is 0 Å². The lowest BCUT2D eigenvalue weighted by Gasteiger charge is -2.22. The molecule has 1 atom stereocenters. The molecular formula is C21H15N3O3S. The second-order valence-electron chi connectivity index (χ2n) is 6.56. The van der Waals surface area contributed by atoms with Crippen molar-refractivity contribution in [2.75, 3.05) is 4.90 Å². The molecule has 0 aliphatic carbocycles. The smallest absolute Gasteiger partial charge is 0.297 e. The first-order valence-electron chi connectivity index (χ1n) is 8.93. The molecule has 6 nitrogen and oxygen atoms in total. The van der Waals surface area contributed by atoms with Crippen molar-refractivity contribution < 1.29 is 9.21 Å². The highest BCUT2D eigenvalue weighted by molar-refractivity contribution is 7.13. The van der Waals surface area contributed by atoms with E-state index in [1.807, 2.05) is 24.3 Å². The van der Waals surface area contributed by atoms with E-state index in [1.54, 1.807) is 29.8 Å². The van der Waals surface area contributed by atoms with Gasteiger partial charge in [-0.1, -0.05) is 54.7 Å². The molecule has 3 heterocycles. The summed E-state index contributed by atoms with van der Waals surface area (Å²) in [6.07, 6.45) is 0.910. The Hall–Kier alpha value is -3.32. The minimum atomic E-state index is -0.595. The lowest BCUT2D eigenvalue weighted by atomic mass is 9.97. The maximum atomic E-state index is 13.3. The topological polar surface area (TPSA) is 76.3 Å². The van der Waals surface area contributed by atoms with Gasteiger partial charge in [-0.2, -0.15) is 0 Å². The SMILES string of the molecule is CCc1ccc([C@@H]2c3c(oc4ccccc4c3=O)C(=O)N2c2nncs2)cc1. The second kappa shape index (κ2) is 6.38. The van der Waals surface area contributed by atoms with E-state index in [4.69, 9.17) is 4.42 Å². The van der Waals surface area contributed by atoms with Crippen molar-refractivity contribution in [1.29, 1.82) is 0 Å². The zero-order chi connectivity index (χ0) is 19.3. The van der Waals surface area contributed by atoms with Gasteiger partial charge in [-0.15, -0.1) is 10.2 Å². The van der Waals surface area contributed by atoms with Gasteiger partial charge in [0.1, 0.15) is 11.1 Å². The van der Waals surface area contributed by atoms with E-state index in [1.165, 1.54) is 21.8 Å². The highest BCUT2D eigenvalue weighted by Gasteiger charge is 2.44. The lowest BCUT2D eigenvalue weighted by Crippen LogP contribution is -2.29. The molecule has 0 fully saturated rings. The minimum absolute atomic E-state index is 0.0727. The number of para-hydroxylation sites is 1. The fraction of sp³-hybridized carbons (Fsp3) is 0.143. The molecule has 0 saturated carbocycles. The molecule has 0 N–H and O–H groups in total. The van der Waals surface area contributed by atoms with Crippen LogP contribution in [-0.4, -0.2) is 16.1 Å². The number of benzene rings is 2. The van der Waals surface area contributed by atoms with Crippen molar-refractivity contribution in [1.82, 2.24) is 10.2 Å². The van der Waals surface area contributed by atoms with E-state index in [9.17, 15) is 9.59 Å². The normalized spacial score (nSPS) is 16.0. The number of carbonyl (C=O) groups excluding carboxylic acids is 1. The third kappa shape index (κ3) is 2.40. The number of nitrogens with zero attached hydrogens (tertiary/aromatic N) is 3. The Morgan fingerprint density at radius 3 is 2.61 bits per heavy atom. The van der Waals surface area contributed by atoms with Crippen molar-refractivity contribution in [3.63, 3.8) is 0 Å². The monoisotopic (exact) mass is 389 g/mol. The molecular weight excluding hydrogens is 374 g/mol. The fourth-order valence-corrected chi connectivity index (χ4v) is 4.22. The Bertz CT molecular complexity index is 1250. The van der Waals surface area contributed by atoms with Crippen LogP contribution in [0, 0.1) is 0 Å². The summed E-state index contributed by atoms with van der Waals surface area (Å²) >= 11 is 1.25. The van der Waals surface area contributed by atoms with Crippen LogP contribution in [0.4, 0.5) is 5.13 Å². The van der Waals surface area contributed by atoms with Gasteiger partial charge in [0.15, 0.2) is 5.43 Å². The minimum Gasteiger partial charge on any atom is -0.450 e. The summed E-state index contributed by atoms with van der Waals surface area (Å²) in [6, 6.07) is 14.3. The van der Waals surface area contributed by atoms with E-state index in [-0.39, 0.29) is 17.1 Å². The molecule has 0 saturated heterocycles. The molecule has 5 rings (SSSR count). The Morgan fingerprint density at radius 1 is 1.11 bits per heavy atom. The summed E-state index contributed by atoms with van der Waals surface area (Å²) in [5.74, 6) is -0.303. The van der Waals surface area contributed by atoms with Crippen molar-refractivity contribution in [2.45, 2.75) is 19.4 Å². The summed E-state index contributed by atoms with van der Waals surface area (Å²) in [5, 5.41) is 8.83. The highest BCUT2D eigenvalue weighted by Crippen LogP contribution is 2.41. The maximum absolute atomic E-state index is 13.3. The first-order chi connectivity index (χ1) is 13.7. The van der Waals surface area contributed by atoms with Gasteiger partial charge in [0.25, 0.3) is 5.91 Å². The van der Waals surface area contributed by atoms with Crippen LogP contribution in [0.15, 0.2) is 63.3 Å². The predicted molar refractivity (Wildman–Crippen MR) is 107 cm³/mol. The van der Waals surface area contributed by atoms with Gasteiger partial charge >= 0.3 is 0 Å². The molecule has 1 amide bonds. The quantitative estimate of drug-likeness (QED) is 0.530. The Kier molecular flexibility index (Phi) is 3.84. The molecule has 7 heteroatoms. The average molecular weight is 389 g/mol. The van der Waals surface area contributed by atoms with Crippen LogP contribution < -0.4 is 10.3 Å². The Morgan fingerprint density at radius 2 is 1.89 bits per heavy atom.